The van der Waals surface area contributed by atoms with E-state index in [-0.39, 0.29) is 0 Å². The quantitative estimate of drug-likeness (QED) is 0.159. The van der Waals surface area contributed by atoms with E-state index in [1.54, 1.807) is 0 Å². The highest BCUT2D eigenvalue weighted by Crippen LogP contribution is 2.12. The van der Waals surface area contributed by atoms with Crippen molar-refractivity contribution in [3.63, 3.8) is 0 Å². The van der Waals surface area contributed by atoms with E-state index in [0.717, 1.165) is 19.9 Å². The van der Waals surface area contributed by atoms with Gasteiger partial charge in [0.15, 0.2) is 0 Å². The Morgan fingerprint density at radius 1 is 0.703 bits per heavy atom. The molecule has 2 heterocycles. The third kappa shape index (κ3) is 19.4. The average Bonchev–Trinajstić information content (AvgIpc) is 3.49. The Bertz CT molecular complexity index is 727. The van der Waals surface area contributed by atoms with Gasteiger partial charge in [-0.2, -0.15) is 0 Å². The molecule has 0 aliphatic carbocycles. The number of hydrogen-bond donors (Lipinski definition) is 1. The Morgan fingerprint density at radius 2 is 1.22 bits per heavy atom. The van der Waals surface area contributed by atoms with Crippen molar-refractivity contribution in [2.45, 2.75) is 77.7 Å². The van der Waals surface area contributed by atoms with Gasteiger partial charge >= 0.3 is 7.25 Å². The zero-order valence-corrected chi connectivity index (χ0v) is 22.8. The topological polar surface area (TPSA) is 39.0 Å². The molecule has 0 spiro atoms. The minimum Gasteiger partial charge on any atom is -0.418 e. The first-order valence-electron chi connectivity index (χ1n) is 13.6. The van der Waals surface area contributed by atoms with Crippen LogP contribution in [0.3, 0.4) is 0 Å². The summed E-state index contributed by atoms with van der Waals surface area (Å²) in [6.45, 7) is 7.07. The first-order chi connectivity index (χ1) is 17.7. The maximum absolute atomic E-state index is 9.75. The van der Waals surface area contributed by atoms with Gasteiger partial charge in [0.25, 0.3) is 0 Å². The Balaban J connectivity index is 0.000000326. The Labute approximate surface area is 222 Å². The Morgan fingerprint density at radius 3 is 1.70 bits per heavy atom. The molecule has 2 aliphatic rings. The van der Waals surface area contributed by atoms with E-state index in [4.69, 9.17) is 5.73 Å². The zero-order chi connectivity index (χ0) is 27.4. The summed E-state index contributed by atoms with van der Waals surface area (Å²) < 4.78 is 39.0. The third-order valence-corrected chi connectivity index (χ3v) is 6.05. The van der Waals surface area contributed by atoms with Gasteiger partial charge in [-0.3, -0.25) is 0 Å². The summed E-state index contributed by atoms with van der Waals surface area (Å²) in [6, 6.07) is 10.5. The first kappa shape index (κ1) is 32.7. The van der Waals surface area contributed by atoms with Gasteiger partial charge in [0, 0.05) is 44.9 Å². The van der Waals surface area contributed by atoms with Crippen LogP contribution in [0.1, 0.15) is 76.7 Å². The van der Waals surface area contributed by atoms with Crippen molar-refractivity contribution in [1.82, 2.24) is 19.6 Å². The van der Waals surface area contributed by atoms with Crippen molar-refractivity contribution in [3.8, 4) is 0 Å². The van der Waals surface area contributed by atoms with Crippen molar-refractivity contribution in [2.24, 2.45) is 5.73 Å². The molecule has 212 valence electrons. The molecule has 0 amide bonds. The Hall–Kier alpha value is -2.36. The maximum atomic E-state index is 9.75. The summed E-state index contributed by atoms with van der Waals surface area (Å²) in [4.78, 5) is 8.95. The number of hydrogen-bond acceptors (Lipinski definition) is 5. The van der Waals surface area contributed by atoms with Gasteiger partial charge in [0.05, 0.1) is 20.0 Å². The normalized spacial score (nSPS) is 14.6. The predicted molar refractivity (Wildman–Crippen MR) is 147 cm³/mol. The van der Waals surface area contributed by atoms with Crippen molar-refractivity contribution in [3.05, 3.63) is 60.7 Å². The smallest absolute Gasteiger partial charge is 0.418 e. The molecular formula is C27H47BF4N5-. The number of unbranched alkanes of at least 4 members (excludes halogenated alkanes) is 9. The van der Waals surface area contributed by atoms with Crippen molar-refractivity contribution >= 4 is 7.25 Å². The molecule has 1 aromatic rings. The number of benzene rings is 1. The van der Waals surface area contributed by atoms with Crippen molar-refractivity contribution < 1.29 is 17.3 Å². The summed E-state index contributed by atoms with van der Waals surface area (Å²) in [5.41, 5.74) is 6.96. The minimum absolute atomic E-state index is 0.630. The highest BCUT2D eigenvalue weighted by atomic mass is 19.5. The molecule has 0 saturated heterocycles. The van der Waals surface area contributed by atoms with Crippen LogP contribution in [0.4, 0.5) is 17.3 Å². The largest absolute Gasteiger partial charge is 0.673 e. The molecular weight excluding hydrogens is 481 g/mol. The second-order valence-electron chi connectivity index (χ2n) is 9.63. The van der Waals surface area contributed by atoms with Gasteiger partial charge in [-0.25, -0.2) is 0 Å². The van der Waals surface area contributed by atoms with Gasteiger partial charge in [-0.15, -0.1) is 0 Å². The lowest BCUT2D eigenvalue weighted by atomic mass is 10.1. The van der Waals surface area contributed by atoms with Crippen LogP contribution >= 0.6 is 0 Å². The van der Waals surface area contributed by atoms with E-state index < -0.39 is 7.25 Å². The highest BCUT2D eigenvalue weighted by Gasteiger charge is 2.20. The van der Waals surface area contributed by atoms with E-state index in [1.165, 1.54) is 76.3 Å². The fraction of sp³-hybridized carbons (Fsp3) is 0.630. The summed E-state index contributed by atoms with van der Waals surface area (Å²) in [7, 11) is -3.92. The molecule has 0 aromatic heterocycles. The fourth-order valence-corrected chi connectivity index (χ4v) is 4.09. The lowest BCUT2D eigenvalue weighted by molar-refractivity contribution is 0.265. The Kier molecular flexibility index (Phi) is 17.4. The van der Waals surface area contributed by atoms with E-state index in [0.29, 0.717) is 6.67 Å². The number of nitrogens with two attached hydrogens (primary N) is 1. The average molecular weight is 529 g/mol. The van der Waals surface area contributed by atoms with Crippen LogP contribution in [0.15, 0.2) is 55.1 Å². The molecule has 5 nitrogen and oxygen atoms in total. The molecule has 1 aromatic carbocycles. The molecule has 0 saturated carbocycles. The molecule has 0 unspecified atom stereocenters. The molecule has 0 atom stereocenters. The summed E-state index contributed by atoms with van der Waals surface area (Å²) in [5, 5.41) is 0. The third-order valence-electron chi connectivity index (χ3n) is 6.05. The van der Waals surface area contributed by atoms with E-state index >= 15 is 0 Å². The maximum Gasteiger partial charge on any atom is 0.673 e. The van der Waals surface area contributed by atoms with Gasteiger partial charge < -0.3 is 42.6 Å². The van der Waals surface area contributed by atoms with Crippen LogP contribution in [0.2, 0.25) is 0 Å². The summed E-state index contributed by atoms with van der Waals surface area (Å²) >= 11 is 0. The number of halogens is 4. The standard InChI is InChI=1S/C16H33N3.C11H14N2.BF4/c1-2-3-4-5-6-7-8-9-10-11-12-18-13-14-19(15-17)16-18;1-12-7-8-13(10-12)9-11-5-3-2-4-6-11;2-1(3,4)5/h13-14H,2-12,15-17H2,1H3;2-8H,9-10H2,1H3;/q;;-1. The van der Waals surface area contributed by atoms with E-state index in [2.05, 4.69) is 88.7 Å². The van der Waals surface area contributed by atoms with Crippen LogP contribution in [-0.2, 0) is 6.54 Å². The zero-order valence-electron chi connectivity index (χ0n) is 22.8. The molecule has 37 heavy (non-hydrogen) atoms. The lowest BCUT2D eigenvalue weighted by Crippen LogP contribution is -2.30. The van der Waals surface area contributed by atoms with E-state index in [1.807, 2.05) is 0 Å². The van der Waals surface area contributed by atoms with Gasteiger partial charge in [0.2, 0.25) is 0 Å². The molecule has 0 fully saturated rings. The molecule has 2 N–H and O–H groups in total. The monoisotopic (exact) mass is 528 g/mol. The van der Waals surface area contributed by atoms with Gasteiger partial charge in [-0.1, -0.05) is 95.0 Å². The SMILES string of the molecule is CCCCCCCCCCCCN1C=CN(CN)C1.CN1C=CN(Cc2ccccc2)C1.F[B-](F)(F)F. The molecule has 0 bridgehead atoms. The van der Waals surface area contributed by atoms with Crippen molar-refractivity contribution in [2.75, 3.05) is 33.6 Å². The van der Waals surface area contributed by atoms with Gasteiger partial charge in [-0.05, 0) is 12.0 Å². The van der Waals surface area contributed by atoms with Crippen LogP contribution in [0.25, 0.3) is 0 Å². The van der Waals surface area contributed by atoms with Crippen LogP contribution < -0.4 is 5.73 Å². The number of rotatable bonds is 14. The minimum atomic E-state index is -6.00. The summed E-state index contributed by atoms with van der Waals surface area (Å²) in [6.07, 6.45) is 22.6. The lowest BCUT2D eigenvalue weighted by Gasteiger charge is -2.19. The second-order valence-corrected chi connectivity index (χ2v) is 9.63. The second kappa shape index (κ2) is 19.7. The van der Waals surface area contributed by atoms with Crippen LogP contribution in [-0.4, -0.2) is 60.5 Å². The molecule has 2 aliphatic heterocycles. The van der Waals surface area contributed by atoms with Gasteiger partial charge in [0.1, 0.15) is 0 Å². The summed E-state index contributed by atoms with van der Waals surface area (Å²) in [5.74, 6) is 0. The molecule has 10 heteroatoms. The van der Waals surface area contributed by atoms with Crippen molar-refractivity contribution in [1.29, 1.82) is 0 Å². The fourth-order valence-electron chi connectivity index (χ4n) is 4.09. The highest BCUT2D eigenvalue weighted by molar-refractivity contribution is 6.50. The van der Waals surface area contributed by atoms with Crippen LogP contribution in [0.5, 0.6) is 0 Å². The first-order valence-corrected chi connectivity index (χ1v) is 13.6. The molecule has 0 radical (unpaired) electrons. The predicted octanol–water partition coefficient (Wildman–Crippen LogP) is 7.03. The van der Waals surface area contributed by atoms with Crippen LogP contribution in [0, 0.1) is 0 Å². The molecule has 3 rings (SSSR count). The number of nitrogens with zero attached hydrogens (tertiary/aromatic N) is 4. The van der Waals surface area contributed by atoms with E-state index in [9.17, 15) is 17.3 Å².